The molecule has 0 radical (unpaired) electrons. The fourth-order valence-electron chi connectivity index (χ4n) is 4.42. The van der Waals surface area contributed by atoms with Crippen LogP contribution in [0.2, 0.25) is 0 Å². The molecule has 31 heavy (non-hydrogen) atoms. The number of pyridine rings is 1. The lowest BCUT2D eigenvalue weighted by molar-refractivity contribution is -0.136. The Morgan fingerprint density at radius 3 is 2.58 bits per heavy atom. The van der Waals surface area contributed by atoms with Gasteiger partial charge >= 0.3 is 0 Å². The Labute approximate surface area is 180 Å². The summed E-state index contributed by atoms with van der Waals surface area (Å²) in [5.74, 6) is 0.733. The van der Waals surface area contributed by atoms with E-state index in [-0.39, 0.29) is 24.2 Å². The Morgan fingerprint density at radius 1 is 0.968 bits per heavy atom. The van der Waals surface area contributed by atoms with Crippen LogP contribution >= 0.6 is 0 Å². The van der Waals surface area contributed by atoms with E-state index >= 15 is 0 Å². The van der Waals surface area contributed by atoms with Crippen LogP contribution in [0.25, 0.3) is 10.9 Å². The minimum Gasteiger partial charge on any atom is -0.352 e. The lowest BCUT2D eigenvalue weighted by Gasteiger charge is -2.36. The highest BCUT2D eigenvalue weighted by Gasteiger charge is 2.37. The summed E-state index contributed by atoms with van der Waals surface area (Å²) < 4.78 is 0. The lowest BCUT2D eigenvalue weighted by Crippen LogP contribution is -2.51. The van der Waals surface area contributed by atoms with E-state index in [1.807, 2.05) is 47.4 Å². The number of benzene rings is 1. The summed E-state index contributed by atoms with van der Waals surface area (Å²) in [6.45, 7) is 3.60. The average molecular weight is 416 g/mol. The maximum absolute atomic E-state index is 13.1. The van der Waals surface area contributed by atoms with Crippen molar-refractivity contribution in [1.82, 2.24) is 24.8 Å². The van der Waals surface area contributed by atoms with E-state index in [4.69, 9.17) is 0 Å². The molecule has 2 amide bonds. The predicted octanol–water partition coefficient (Wildman–Crippen LogP) is 1.72. The standard InChI is InChI=1S/C23H24N6O2/c30-21-13-17(14-29(21)15-18-5-3-4-8-24-18)23(31)28-11-9-27(10-12-28)22-19-6-1-2-7-20(19)25-16-26-22/h1-8,16-17H,9-15H2. The van der Waals surface area contributed by atoms with Crippen molar-refractivity contribution in [2.24, 2.45) is 5.92 Å². The average Bonchev–Trinajstić information content (AvgIpc) is 3.19. The molecule has 8 heteroatoms. The lowest BCUT2D eigenvalue weighted by atomic mass is 10.1. The molecule has 2 saturated heterocycles. The Kier molecular flexibility index (Phi) is 5.19. The van der Waals surface area contributed by atoms with E-state index < -0.39 is 0 Å². The van der Waals surface area contributed by atoms with Crippen molar-refractivity contribution < 1.29 is 9.59 Å². The second kappa shape index (κ2) is 8.29. The smallest absolute Gasteiger partial charge is 0.228 e. The quantitative estimate of drug-likeness (QED) is 0.644. The highest BCUT2D eigenvalue weighted by molar-refractivity contribution is 5.90. The third-order valence-corrected chi connectivity index (χ3v) is 6.06. The van der Waals surface area contributed by atoms with E-state index in [2.05, 4.69) is 19.9 Å². The number of nitrogens with zero attached hydrogens (tertiary/aromatic N) is 6. The fourth-order valence-corrected chi connectivity index (χ4v) is 4.42. The first-order chi connectivity index (χ1) is 15.2. The van der Waals surface area contributed by atoms with Crippen LogP contribution < -0.4 is 4.90 Å². The largest absolute Gasteiger partial charge is 0.352 e. The van der Waals surface area contributed by atoms with Gasteiger partial charge in [-0.1, -0.05) is 18.2 Å². The summed E-state index contributed by atoms with van der Waals surface area (Å²) in [6.07, 6.45) is 3.59. The molecule has 1 aromatic carbocycles. The molecule has 0 spiro atoms. The molecule has 0 bridgehead atoms. The molecule has 2 aliphatic heterocycles. The Hall–Kier alpha value is -3.55. The molecule has 2 aliphatic rings. The number of carbonyl (C=O) groups excluding carboxylic acids is 2. The van der Waals surface area contributed by atoms with Gasteiger partial charge in [-0.15, -0.1) is 0 Å². The van der Waals surface area contributed by atoms with Crippen LogP contribution in [0, 0.1) is 5.92 Å². The first-order valence-corrected chi connectivity index (χ1v) is 10.6. The zero-order chi connectivity index (χ0) is 21.2. The molecule has 4 heterocycles. The van der Waals surface area contributed by atoms with Gasteiger partial charge in [-0.3, -0.25) is 14.6 Å². The van der Waals surface area contributed by atoms with Crippen LogP contribution in [0.5, 0.6) is 0 Å². The van der Waals surface area contributed by atoms with Crippen molar-refractivity contribution >= 4 is 28.5 Å². The molecule has 158 valence electrons. The number of rotatable bonds is 4. The van der Waals surface area contributed by atoms with Crippen LogP contribution in [0.15, 0.2) is 55.0 Å². The molecule has 2 fully saturated rings. The molecular weight excluding hydrogens is 392 g/mol. The number of carbonyl (C=O) groups is 2. The zero-order valence-electron chi connectivity index (χ0n) is 17.2. The molecule has 1 atom stereocenters. The van der Waals surface area contributed by atoms with Crippen LogP contribution in [0.1, 0.15) is 12.1 Å². The van der Waals surface area contributed by atoms with Crippen molar-refractivity contribution in [3.8, 4) is 0 Å². The summed E-state index contributed by atoms with van der Waals surface area (Å²) in [5.41, 5.74) is 1.76. The van der Waals surface area contributed by atoms with Crippen molar-refractivity contribution in [3.05, 3.63) is 60.7 Å². The third-order valence-electron chi connectivity index (χ3n) is 6.06. The second-order valence-corrected chi connectivity index (χ2v) is 8.02. The molecule has 2 aromatic heterocycles. The third kappa shape index (κ3) is 3.93. The minimum absolute atomic E-state index is 0.0232. The van der Waals surface area contributed by atoms with Crippen molar-refractivity contribution in [1.29, 1.82) is 0 Å². The number of hydrogen-bond acceptors (Lipinski definition) is 6. The van der Waals surface area contributed by atoms with Crippen molar-refractivity contribution in [2.45, 2.75) is 13.0 Å². The number of amides is 2. The number of likely N-dealkylation sites (tertiary alicyclic amines) is 1. The van der Waals surface area contributed by atoms with Gasteiger partial charge in [0.2, 0.25) is 11.8 Å². The molecule has 0 N–H and O–H groups in total. The van der Waals surface area contributed by atoms with E-state index in [0.29, 0.717) is 39.3 Å². The van der Waals surface area contributed by atoms with Gasteiger partial charge in [-0.05, 0) is 24.3 Å². The van der Waals surface area contributed by atoms with Gasteiger partial charge in [-0.2, -0.15) is 0 Å². The van der Waals surface area contributed by atoms with Crippen LogP contribution in [-0.2, 0) is 16.1 Å². The Balaban J connectivity index is 1.21. The van der Waals surface area contributed by atoms with E-state index in [9.17, 15) is 9.59 Å². The summed E-state index contributed by atoms with van der Waals surface area (Å²) in [6, 6.07) is 13.6. The number of aromatic nitrogens is 3. The zero-order valence-corrected chi connectivity index (χ0v) is 17.2. The first-order valence-electron chi connectivity index (χ1n) is 10.6. The molecule has 3 aromatic rings. The van der Waals surface area contributed by atoms with Gasteiger partial charge in [0.05, 0.1) is 23.7 Å². The number of hydrogen-bond donors (Lipinski definition) is 0. The van der Waals surface area contributed by atoms with Gasteiger partial charge in [0.25, 0.3) is 0 Å². The number of piperazine rings is 1. The maximum Gasteiger partial charge on any atom is 0.228 e. The maximum atomic E-state index is 13.1. The normalized spacial score (nSPS) is 19.3. The Morgan fingerprint density at radius 2 is 1.77 bits per heavy atom. The summed E-state index contributed by atoms with van der Waals surface area (Å²) >= 11 is 0. The van der Waals surface area contributed by atoms with Gasteiger partial charge in [0.15, 0.2) is 0 Å². The fraction of sp³-hybridized carbons (Fsp3) is 0.348. The highest BCUT2D eigenvalue weighted by Crippen LogP contribution is 2.26. The van der Waals surface area contributed by atoms with Crippen molar-refractivity contribution in [3.63, 3.8) is 0 Å². The van der Waals surface area contributed by atoms with E-state index in [1.54, 1.807) is 17.4 Å². The summed E-state index contributed by atoms with van der Waals surface area (Å²) in [5, 5.41) is 1.02. The van der Waals surface area contributed by atoms with Crippen LogP contribution in [0.3, 0.4) is 0 Å². The highest BCUT2D eigenvalue weighted by atomic mass is 16.2. The topological polar surface area (TPSA) is 82.5 Å². The van der Waals surface area contributed by atoms with Crippen LogP contribution in [-0.4, -0.2) is 69.3 Å². The van der Waals surface area contributed by atoms with Gasteiger partial charge in [0, 0.05) is 50.7 Å². The number of anilines is 1. The van der Waals surface area contributed by atoms with E-state index in [1.165, 1.54) is 0 Å². The van der Waals surface area contributed by atoms with Crippen molar-refractivity contribution in [2.75, 3.05) is 37.6 Å². The predicted molar refractivity (Wildman–Crippen MR) is 116 cm³/mol. The molecule has 0 saturated carbocycles. The molecular formula is C23H24N6O2. The molecule has 8 nitrogen and oxygen atoms in total. The summed E-state index contributed by atoms with van der Waals surface area (Å²) in [7, 11) is 0. The SMILES string of the molecule is O=C1CC(C(=O)N2CCN(c3ncnc4ccccc34)CC2)CN1Cc1ccccn1. The molecule has 1 unspecified atom stereocenters. The monoisotopic (exact) mass is 416 g/mol. The van der Waals surface area contributed by atoms with Gasteiger partial charge in [-0.25, -0.2) is 9.97 Å². The molecule has 5 rings (SSSR count). The first kappa shape index (κ1) is 19.4. The second-order valence-electron chi connectivity index (χ2n) is 8.02. The van der Waals surface area contributed by atoms with E-state index in [0.717, 1.165) is 22.4 Å². The van der Waals surface area contributed by atoms with Gasteiger partial charge < -0.3 is 14.7 Å². The van der Waals surface area contributed by atoms with Gasteiger partial charge in [0.1, 0.15) is 12.1 Å². The number of fused-ring (bicyclic) bond motifs is 1. The number of para-hydroxylation sites is 1. The molecule has 0 aliphatic carbocycles. The Bertz CT molecular complexity index is 1090. The summed E-state index contributed by atoms with van der Waals surface area (Å²) in [4.78, 5) is 44.5. The van der Waals surface area contributed by atoms with Crippen LogP contribution in [0.4, 0.5) is 5.82 Å². The minimum atomic E-state index is -0.275.